The average molecular weight is 296 g/mol. The molecule has 1 heterocycles. The van der Waals surface area contributed by atoms with Gasteiger partial charge in [-0.25, -0.2) is 4.98 Å². The Labute approximate surface area is 125 Å². The van der Waals surface area contributed by atoms with Crippen LogP contribution in [-0.4, -0.2) is 41.7 Å². The smallest absolute Gasteiger partial charge is 0.147 e. The van der Waals surface area contributed by atoms with Gasteiger partial charge in [0.25, 0.3) is 0 Å². The molecule has 1 aromatic carbocycles. The van der Waals surface area contributed by atoms with E-state index in [1.807, 2.05) is 19.1 Å². The molecule has 0 fully saturated rings. The SMILES string of the molecule is CCOc1cccc2c1nc(CCl)n2CCCN(C)C. The topological polar surface area (TPSA) is 30.3 Å². The van der Waals surface area contributed by atoms with Crippen molar-refractivity contribution in [2.75, 3.05) is 27.2 Å². The van der Waals surface area contributed by atoms with E-state index in [1.165, 1.54) is 0 Å². The number of aryl methyl sites for hydroxylation is 1. The summed E-state index contributed by atoms with van der Waals surface area (Å²) in [6, 6.07) is 6.05. The van der Waals surface area contributed by atoms with E-state index in [0.29, 0.717) is 12.5 Å². The average Bonchev–Trinajstić information content (AvgIpc) is 2.78. The predicted molar refractivity (Wildman–Crippen MR) is 83.6 cm³/mol. The van der Waals surface area contributed by atoms with Crippen molar-refractivity contribution in [2.24, 2.45) is 0 Å². The van der Waals surface area contributed by atoms with Crippen LogP contribution in [0.4, 0.5) is 0 Å². The first-order valence-electron chi connectivity index (χ1n) is 6.99. The molecular weight excluding hydrogens is 274 g/mol. The van der Waals surface area contributed by atoms with Crippen LogP contribution in [0.3, 0.4) is 0 Å². The zero-order valence-corrected chi connectivity index (χ0v) is 13.2. The monoisotopic (exact) mass is 295 g/mol. The molecule has 0 bridgehead atoms. The van der Waals surface area contributed by atoms with Crippen LogP contribution >= 0.6 is 11.6 Å². The Hall–Kier alpha value is -1.26. The molecule has 0 saturated carbocycles. The van der Waals surface area contributed by atoms with Crippen molar-refractivity contribution in [1.82, 2.24) is 14.5 Å². The summed E-state index contributed by atoms with van der Waals surface area (Å²) in [5.41, 5.74) is 2.01. The van der Waals surface area contributed by atoms with Gasteiger partial charge in [-0.3, -0.25) is 0 Å². The van der Waals surface area contributed by atoms with Crippen LogP contribution in [0.1, 0.15) is 19.2 Å². The number of para-hydroxylation sites is 1. The second-order valence-corrected chi connectivity index (χ2v) is 5.29. The lowest BCUT2D eigenvalue weighted by Gasteiger charge is -2.11. The number of halogens is 1. The number of aromatic nitrogens is 2. The van der Waals surface area contributed by atoms with Crippen molar-refractivity contribution in [3.63, 3.8) is 0 Å². The third-order valence-corrected chi connectivity index (χ3v) is 3.47. The van der Waals surface area contributed by atoms with Gasteiger partial charge in [0.2, 0.25) is 0 Å². The van der Waals surface area contributed by atoms with E-state index in [-0.39, 0.29) is 0 Å². The highest BCUT2D eigenvalue weighted by Gasteiger charge is 2.13. The summed E-state index contributed by atoms with van der Waals surface area (Å²) < 4.78 is 7.85. The molecule has 0 radical (unpaired) electrons. The van der Waals surface area contributed by atoms with Gasteiger partial charge in [-0.2, -0.15) is 0 Å². The number of benzene rings is 1. The van der Waals surface area contributed by atoms with Gasteiger partial charge in [0.05, 0.1) is 18.0 Å². The fraction of sp³-hybridized carbons (Fsp3) is 0.533. The molecule has 20 heavy (non-hydrogen) atoms. The summed E-state index contributed by atoms with van der Waals surface area (Å²) in [4.78, 5) is 6.83. The number of ether oxygens (including phenoxy) is 1. The van der Waals surface area contributed by atoms with E-state index < -0.39 is 0 Å². The first-order chi connectivity index (χ1) is 9.67. The normalized spacial score (nSPS) is 11.4. The Morgan fingerprint density at radius 1 is 1.35 bits per heavy atom. The molecule has 0 spiro atoms. The number of fused-ring (bicyclic) bond motifs is 1. The van der Waals surface area contributed by atoms with E-state index in [0.717, 1.165) is 42.1 Å². The molecule has 4 nitrogen and oxygen atoms in total. The Morgan fingerprint density at radius 3 is 2.80 bits per heavy atom. The summed E-state index contributed by atoms with van der Waals surface area (Å²) in [7, 11) is 4.17. The number of imidazole rings is 1. The van der Waals surface area contributed by atoms with Crippen LogP contribution < -0.4 is 4.74 Å². The summed E-state index contributed by atoms with van der Waals surface area (Å²) in [5, 5.41) is 0. The molecule has 1 aromatic heterocycles. The van der Waals surface area contributed by atoms with Crippen molar-refractivity contribution >= 4 is 22.6 Å². The van der Waals surface area contributed by atoms with Gasteiger partial charge < -0.3 is 14.2 Å². The van der Waals surface area contributed by atoms with E-state index in [9.17, 15) is 0 Å². The molecule has 2 aromatic rings. The van der Waals surface area contributed by atoms with Crippen LogP contribution in [0.5, 0.6) is 5.75 Å². The predicted octanol–water partition coefficient (Wildman–Crippen LogP) is 3.13. The van der Waals surface area contributed by atoms with E-state index in [4.69, 9.17) is 16.3 Å². The first kappa shape index (κ1) is 15.1. The molecule has 5 heteroatoms. The van der Waals surface area contributed by atoms with E-state index in [2.05, 4.69) is 34.6 Å². The molecule has 0 unspecified atom stereocenters. The van der Waals surface area contributed by atoms with Crippen molar-refractivity contribution in [1.29, 1.82) is 0 Å². The van der Waals surface area contributed by atoms with Crippen LogP contribution in [0.2, 0.25) is 0 Å². The minimum atomic E-state index is 0.419. The Bertz CT molecular complexity index is 565. The molecular formula is C15H22ClN3O. The van der Waals surface area contributed by atoms with Gasteiger partial charge in [0.1, 0.15) is 17.1 Å². The lowest BCUT2D eigenvalue weighted by molar-refractivity contribution is 0.343. The maximum atomic E-state index is 6.04. The summed E-state index contributed by atoms with van der Waals surface area (Å²) in [5.74, 6) is 2.16. The minimum Gasteiger partial charge on any atom is -0.492 e. The van der Waals surface area contributed by atoms with Crippen LogP contribution in [0, 0.1) is 0 Å². The van der Waals surface area contributed by atoms with Crippen molar-refractivity contribution in [3.05, 3.63) is 24.0 Å². The van der Waals surface area contributed by atoms with E-state index >= 15 is 0 Å². The highest BCUT2D eigenvalue weighted by molar-refractivity contribution is 6.16. The molecule has 0 aliphatic rings. The molecule has 0 atom stereocenters. The van der Waals surface area contributed by atoms with Gasteiger partial charge in [0, 0.05) is 6.54 Å². The first-order valence-corrected chi connectivity index (χ1v) is 7.52. The third-order valence-electron chi connectivity index (χ3n) is 3.23. The highest BCUT2D eigenvalue weighted by atomic mass is 35.5. The van der Waals surface area contributed by atoms with E-state index in [1.54, 1.807) is 0 Å². The van der Waals surface area contributed by atoms with Crippen LogP contribution in [0.25, 0.3) is 11.0 Å². The number of hydrogen-bond acceptors (Lipinski definition) is 3. The zero-order chi connectivity index (χ0) is 14.5. The Kier molecular flexibility index (Phi) is 5.26. The fourth-order valence-electron chi connectivity index (χ4n) is 2.34. The van der Waals surface area contributed by atoms with Crippen molar-refractivity contribution in [3.8, 4) is 5.75 Å². The maximum absolute atomic E-state index is 6.04. The molecule has 2 rings (SSSR count). The number of nitrogens with zero attached hydrogens (tertiary/aromatic N) is 3. The summed E-state index contributed by atoms with van der Waals surface area (Å²) >= 11 is 6.04. The summed E-state index contributed by atoms with van der Waals surface area (Å²) in [6.45, 7) is 4.59. The van der Waals surface area contributed by atoms with Gasteiger partial charge in [-0.05, 0) is 46.1 Å². The number of rotatable bonds is 7. The highest BCUT2D eigenvalue weighted by Crippen LogP contribution is 2.27. The van der Waals surface area contributed by atoms with Gasteiger partial charge in [-0.1, -0.05) is 6.07 Å². The molecule has 0 N–H and O–H groups in total. The maximum Gasteiger partial charge on any atom is 0.147 e. The molecule has 0 aliphatic heterocycles. The quantitative estimate of drug-likeness (QED) is 0.735. The largest absolute Gasteiger partial charge is 0.492 e. The molecule has 0 amide bonds. The standard InChI is InChI=1S/C15H22ClN3O/c1-4-20-13-8-5-7-12-15(13)17-14(11-16)19(12)10-6-9-18(2)3/h5,7-8H,4,6,9-11H2,1-3H3. The van der Waals surface area contributed by atoms with Crippen LogP contribution in [0.15, 0.2) is 18.2 Å². The van der Waals surface area contributed by atoms with Crippen LogP contribution in [-0.2, 0) is 12.4 Å². The van der Waals surface area contributed by atoms with Gasteiger partial charge >= 0.3 is 0 Å². The zero-order valence-electron chi connectivity index (χ0n) is 12.4. The fourth-order valence-corrected chi connectivity index (χ4v) is 2.54. The molecule has 110 valence electrons. The van der Waals surface area contributed by atoms with Gasteiger partial charge in [0.15, 0.2) is 0 Å². The summed E-state index contributed by atoms with van der Waals surface area (Å²) in [6.07, 6.45) is 1.07. The lowest BCUT2D eigenvalue weighted by Crippen LogP contribution is -2.15. The molecule has 0 saturated heterocycles. The minimum absolute atomic E-state index is 0.419. The molecule has 0 aliphatic carbocycles. The Balaban J connectivity index is 2.34. The second-order valence-electron chi connectivity index (χ2n) is 5.03. The Morgan fingerprint density at radius 2 is 2.15 bits per heavy atom. The second kappa shape index (κ2) is 6.95. The number of alkyl halides is 1. The lowest BCUT2D eigenvalue weighted by atomic mass is 10.3. The number of hydrogen-bond donors (Lipinski definition) is 0. The van der Waals surface area contributed by atoms with Gasteiger partial charge in [-0.15, -0.1) is 11.6 Å². The van der Waals surface area contributed by atoms with Crippen molar-refractivity contribution in [2.45, 2.75) is 25.8 Å². The van der Waals surface area contributed by atoms with Crippen molar-refractivity contribution < 1.29 is 4.74 Å². The third kappa shape index (κ3) is 3.25.